The standard InChI is InChI=1S/C23H21N5O5/c1-13-19-17(33-21(13)22(29)25-9-15-6-8-31-27-15)5-4-14-10-28(26-20(14)19)11-16-12-30-23-18(32-16)3-2-7-24-23/h2-3,6-8,10,16H,4-5,9,11-12H2,1H3,(H,25,29)/t16-/m0/s1. The number of amides is 1. The van der Waals surface area contributed by atoms with E-state index in [1.54, 1.807) is 12.3 Å². The second-order valence-corrected chi connectivity index (χ2v) is 8.11. The van der Waals surface area contributed by atoms with Gasteiger partial charge in [0.1, 0.15) is 24.3 Å². The van der Waals surface area contributed by atoms with E-state index in [4.69, 9.17) is 23.5 Å². The molecule has 1 aliphatic carbocycles. The van der Waals surface area contributed by atoms with E-state index in [2.05, 4.69) is 15.5 Å². The molecule has 0 fully saturated rings. The van der Waals surface area contributed by atoms with Crippen LogP contribution in [0.5, 0.6) is 11.6 Å². The van der Waals surface area contributed by atoms with Crippen molar-refractivity contribution < 1.29 is 23.2 Å². The topological polar surface area (TPSA) is 117 Å². The summed E-state index contributed by atoms with van der Waals surface area (Å²) in [4.78, 5) is 16.9. The highest BCUT2D eigenvalue weighted by Crippen LogP contribution is 2.38. The monoisotopic (exact) mass is 447 g/mol. The summed E-state index contributed by atoms with van der Waals surface area (Å²) >= 11 is 0. The quantitative estimate of drug-likeness (QED) is 0.496. The summed E-state index contributed by atoms with van der Waals surface area (Å²) in [5.41, 5.74) is 4.31. The lowest BCUT2D eigenvalue weighted by Gasteiger charge is -2.25. The molecular weight excluding hydrogens is 426 g/mol. The van der Waals surface area contributed by atoms with E-state index in [0.29, 0.717) is 42.7 Å². The number of carbonyl (C=O) groups excluding carboxylic acids is 1. The minimum Gasteiger partial charge on any atom is -0.479 e. The summed E-state index contributed by atoms with van der Waals surface area (Å²) in [5, 5.41) is 11.4. The Morgan fingerprint density at radius 1 is 1.30 bits per heavy atom. The van der Waals surface area contributed by atoms with E-state index < -0.39 is 0 Å². The molecule has 4 aromatic heterocycles. The Morgan fingerprint density at radius 2 is 2.24 bits per heavy atom. The average molecular weight is 447 g/mol. The highest BCUT2D eigenvalue weighted by Gasteiger charge is 2.30. The van der Waals surface area contributed by atoms with Crippen molar-refractivity contribution in [2.75, 3.05) is 6.61 Å². The van der Waals surface area contributed by atoms with Gasteiger partial charge in [-0.3, -0.25) is 9.48 Å². The van der Waals surface area contributed by atoms with Crippen LogP contribution in [-0.4, -0.2) is 38.5 Å². The van der Waals surface area contributed by atoms with Gasteiger partial charge in [0.05, 0.1) is 18.8 Å². The molecule has 0 aromatic carbocycles. The third kappa shape index (κ3) is 3.53. The molecule has 1 N–H and O–H groups in total. The number of nitrogens with one attached hydrogen (secondary N) is 1. The Kier molecular flexibility index (Phi) is 4.63. The third-order valence-electron chi connectivity index (χ3n) is 5.87. The number of carbonyl (C=O) groups is 1. The first-order valence-corrected chi connectivity index (χ1v) is 10.8. The smallest absolute Gasteiger partial charge is 0.287 e. The molecule has 5 heterocycles. The van der Waals surface area contributed by atoms with Gasteiger partial charge in [0.25, 0.3) is 11.8 Å². The van der Waals surface area contributed by atoms with Gasteiger partial charge in [0.2, 0.25) is 0 Å². The molecule has 168 valence electrons. The number of pyridine rings is 1. The molecule has 0 saturated heterocycles. The molecular formula is C23H21N5O5. The van der Waals surface area contributed by atoms with Crippen LogP contribution in [0.1, 0.15) is 33.1 Å². The zero-order valence-corrected chi connectivity index (χ0v) is 17.9. The van der Waals surface area contributed by atoms with Crippen molar-refractivity contribution in [3.8, 4) is 22.9 Å². The van der Waals surface area contributed by atoms with Gasteiger partial charge in [0, 0.05) is 36.0 Å². The summed E-state index contributed by atoms with van der Waals surface area (Å²) < 4.78 is 24.4. The number of furan rings is 1. The third-order valence-corrected chi connectivity index (χ3v) is 5.87. The summed E-state index contributed by atoms with van der Waals surface area (Å²) in [6, 6.07) is 5.37. The normalized spacial score (nSPS) is 16.2. The van der Waals surface area contributed by atoms with Crippen LogP contribution in [0, 0.1) is 6.92 Å². The van der Waals surface area contributed by atoms with Crippen molar-refractivity contribution in [2.24, 2.45) is 0 Å². The van der Waals surface area contributed by atoms with Crippen LogP contribution in [0.15, 0.2) is 45.8 Å². The Balaban J connectivity index is 1.21. The summed E-state index contributed by atoms with van der Waals surface area (Å²) in [6.07, 6.45) is 6.52. The van der Waals surface area contributed by atoms with Crippen molar-refractivity contribution in [1.82, 2.24) is 25.2 Å². The molecule has 2 aliphatic rings. The van der Waals surface area contributed by atoms with Crippen molar-refractivity contribution in [3.63, 3.8) is 0 Å². The number of aromatic nitrogens is 4. The van der Waals surface area contributed by atoms with E-state index in [1.165, 1.54) is 6.26 Å². The predicted octanol–water partition coefficient (Wildman–Crippen LogP) is 2.70. The molecule has 1 aliphatic heterocycles. The highest BCUT2D eigenvalue weighted by molar-refractivity contribution is 5.95. The van der Waals surface area contributed by atoms with Gasteiger partial charge in [-0.05, 0) is 31.0 Å². The number of rotatable bonds is 5. The van der Waals surface area contributed by atoms with Crippen molar-refractivity contribution in [3.05, 3.63) is 65.2 Å². The van der Waals surface area contributed by atoms with Gasteiger partial charge in [-0.1, -0.05) is 5.16 Å². The maximum atomic E-state index is 12.7. The summed E-state index contributed by atoms with van der Waals surface area (Å²) in [6.45, 7) is 3.10. The Hall–Kier alpha value is -4.08. The molecule has 33 heavy (non-hydrogen) atoms. The Labute approximate surface area is 188 Å². The maximum Gasteiger partial charge on any atom is 0.287 e. The zero-order chi connectivity index (χ0) is 22.4. The minimum absolute atomic E-state index is 0.175. The molecule has 4 aromatic rings. The second-order valence-electron chi connectivity index (χ2n) is 8.11. The van der Waals surface area contributed by atoms with Crippen LogP contribution in [0.25, 0.3) is 11.3 Å². The Bertz CT molecular complexity index is 1320. The van der Waals surface area contributed by atoms with Crippen LogP contribution in [-0.2, 0) is 25.9 Å². The number of ether oxygens (including phenoxy) is 2. The van der Waals surface area contributed by atoms with Gasteiger partial charge in [-0.15, -0.1) is 0 Å². The van der Waals surface area contributed by atoms with Gasteiger partial charge in [-0.2, -0.15) is 5.10 Å². The molecule has 1 atom stereocenters. The molecule has 0 radical (unpaired) electrons. The molecule has 10 heteroatoms. The number of hydrogen-bond acceptors (Lipinski definition) is 8. The van der Waals surface area contributed by atoms with E-state index in [9.17, 15) is 4.79 Å². The SMILES string of the molecule is Cc1c(C(=O)NCc2ccon2)oc2c1-c1nn(C[C@H]3COc4ncccc4O3)cc1CC2. The van der Waals surface area contributed by atoms with Crippen molar-refractivity contribution in [2.45, 2.75) is 39.0 Å². The van der Waals surface area contributed by atoms with Gasteiger partial charge in [0.15, 0.2) is 17.6 Å². The number of nitrogens with zero attached hydrogens (tertiary/aromatic N) is 4. The van der Waals surface area contributed by atoms with Crippen LogP contribution in [0.2, 0.25) is 0 Å². The fourth-order valence-corrected chi connectivity index (χ4v) is 4.31. The molecule has 10 nitrogen and oxygen atoms in total. The molecule has 0 saturated carbocycles. The van der Waals surface area contributed by atoms with Gasteiger partial charge >= 0.3 is 0 Å². The van der Waals surface area contributed by atoms with Gasteiger partial charge < -0.3 is 23.7 Å². The number of hydrogen-bond donors (Lipinski definition) is 1. The van der Waals surface area contributed by atoms with Gasteiger partial charge in [-0.25, -0.2) is 4.98 Å². The fraction of sp³-hybridized carbons (Fsp3) is 0.304. The fourth-order valence-electron chi connectivity index (χ4n) is 4.31. The van der Waals surface area contributed by atoms with E-state index in [1.807, 2.05) is 29.9 Å². The summed E-state index contributed by atoms with van der Waals surface area (Å²) in [5.74, 6) is 1.96. The molecule has 0 bridgehead atoms. The first-order valence-electron chi connectivity index (χ1n) is 10.8. The molecule has 1 amide bonds. The highest BCUT2D eigenvalue weighted by atomic mass is 16.6. The van der Waals surface area contributed by atoms with Crippen LogP contribution >= 0.6 is 0 Å². The second kappa shape index (κ2) is 7.80. The summed E-state index contributed by atoms with van der Waals surface area (Å²) in [7, 11) is 0. The predicted molar refractivity (Wildman–Crippen MR) is 114 cm³/mol. The van der Waals surface area contributed by atoms with Crippen LogP contribution in [0.3, 0.4) is 0 Å². The van der Waals surface area contributed by atoms with Crippen molar-refractivity contribution >= 4 is 5.91 Å². The zero-order valence-electron chi connectivity index (χ0n) is 17.9. The van der Waals surface area contributed by atoms with E-state index >= 15 is 0 Å². The van der Waals surface area contributed by atoms with Crippen LogP contribution in [0.4, 0.5) is 0 Å². The first-order chi connectivity index (χ1) is 16.2. The molecule has 0 unspecified atom stereocenters. The average Bonchev–Trinajstić information content (AvgIpc) is 3.56. The van der Waals surface area contributed by atoms with E-state index in [-0.39, 0.29) is 18.6 Å². The van der Waals surface area contributed by atoms with E-state index in [0.717, 1.165) is 34.6 Å². The lowest BCUT2D eigenvalue weighted by atomic mass is 9.93. The number of fused-ring (bicyclic) bond motifs is 4. The Morgan fingerprint density at radius 3 is 3.12 bits per heavy atom. The molecule has 0 spiro atoms. The lowest BCUT2D eigenvalue weighted by molar-refractivity contribution is 0.0716. The lowest BCUT2D eigenvalue weighted by Crippen LogP contribution is -2.33. The number of aryl methyl sites for hydroxylation is 2. The minimum atomic E-state index is -0.286. The maximum absolute atomic E-state index is 12.7. The largest absolute Gasteiger partial charge is 0.479 e. The van der Waals surface area contributed by atoms with Crippen molar-refractivity contribution in [1.29, 1.82) is 0 Å². The van der Waals surface area contributed by atoms with Crippen LogP contribution < -0.4 is 14.8 Å². The molecule has 6 rings (SSSR count). The first kappa shape index (κ1) is 19.6.